The summed E-state index contributed by atoms with van der Waals surface area (Å²) in [6, 6.07) is 14.0. The van der Waals surface area contributed by atoms with Crippen LogP contribution in [0.3, 0.4) is 0 Å². The lowest BCUT2D eigenvalue weighted by molar-refractivity contribution is 0.291. The molecule has 1 aliphatic rings. The zero-order chi connectivity index (χ0) is 17.5. The van der Waals surface area contributed by atoms with Gasteiger partial charge in [-0.1, -0.05) is 69.4 Å². The molecular weight excluding hydrogens is 311 g/mol. The first-order valence-corrected chi connectivity index (χ1v) is 9.80. The maximum atomic E-state index is 14.3. The van der Waals surface area contributed by atoms with Crippen LogP contribution in [0.5, 0.6) is 5.75 Å². The summed E-state index contributed by atoms with van der Waals surface area (Å²) in [5.41, 5.74) is 3.41. The highest BCUT2D eigenvalue weighted by Gasteiger charge is 2.15. The molecule has 2 aromatic carbocycles. The summed E-state index contributed by atoms with van der Waals surface area (Å²) in [7, 11) is 0. The van der Waals surface area contributed by atoms with Gasteiger partial charge in [-0.25, -0.2) is 4.39 Å². The van der Waals surface area contributed by atoms with Crippen molar-refractivity contribution in [2.45, 2.75) is 64.2 Å². The van der Waals surface area contributed by atoms with E-state index in [0.29, 0.717) is 18.3 Å². The van der Waals surface area contributed by atoms with Gasteiger partial charge in [0, 0.05) is 0 Å². The zero-order valence-corrected chi connectivity index (χ0v) is 15.3. The van der Waals surface area contributed by atoms with Gasteiger partial charge in [0.15, 0.2) is 11.6 Å². The fourth-order valence-corrected chi connectivity index (χ4v) is 3.72. The molecule has 0 aliphatic heterocycles. The van der Waals surface area contributed by atoms with Crippen molar-refractivity contribution in [1.29, 1.82) is 0 Å². The van der Waals surface area contributed by atoms with E-state index in [0.717, 1.165) is 30.4 Å². The molecule has 2 heteroatoms. The van der Waals surface area contributed by atoms with Gasteiger partial charge in [0.05, 0.1) is 6.61 Å². The molecule has 0 unspecified atom stereocenters. The number of hydrogen-bond acceptors (Lipinski definition) is 1. The molecule has 0 radical (unpaired) electrons. The third-order valence-electron chi connectivity index (χ3n) is 5.26. The van der Waals surface area contributed by atoms with Crippen LogP contribution >= 0.6 is 0 Å². The largest absolute Gasteiger partial charge is 0.491 e. The molecule has 0 bridgehead atoms. The minimum absolute atomic E-state index is 0.273. The van der Waals surface area contributed by atoms with Crippen molar-refractivity contribution in [2.24, 2.45) is 0 Å². The van der Waals surface area contributed by atoms with Crippen molar-refractivity contribution in [3.8, 4) is 16.9 Å². The van der Waals surface area contributed by atoms with E-state index in [9.17, 15) is 4.39 Å². The van der Waals surface area contributed by atoms with Gasteiger partial charge in [0.1, 0.15) is 0 Å². The van der Waals surface area contributed by atoms with Crippen molar-refractivity contribution in [1.82, 2.24) is 0 Å². The number of rotatable bonds is 7. The van der Waals surface area contributed by atoms with Crippen LogP contribution in [0.4, 0.5) is 4.39 Å². The second-order valence-corrected chi connectivity index (χ2v) is 7.16. The molecular formula is C23H29FO. The molecule has 2 aromatic rings. The molecule has 0 amide bonds. The van der Waals surface area contributed by atoms with Gasteiger partial charge < -0.3 is 4.74 Å². The van der Waals surface area contributed by atoms with Crippen LogP contribution in [0.2, 0.25) is 0 Å². The van der Waals surface area contributed by atoms with E-state index < -0.39 is 0 Å². The van der Waals surface area contributed by atoms with Crippen molar-refractivity contribution in [3.05, 3.63) is 53.8 Å². The number of halogens is 1. The van der Waals surface area contributed by atoms with Gasteiger partial charge in [-0.15, -0.1) is 0 Å². The molecule has 0 heterocycles. The zero-order valence-electron chi connectivity index (χ0n) is 15.3. The molecule has 1 saturated carbocycles. The van der Waals surface area contributed by atoms with Gasteiger partial charge in [0.25, 0.3) is 0 Å². The first-order chi connectivity index (χ1) is 12.3. The molecule has 1 aliphatic carbocycles. The molecule has 0 atom stereocenters. The Hall–Kier alpha value is -1.83. The summed E-state index contributed by atoms with van der Waals surface area (Å²) in [6.45, 7) is 2.73. The second kappa shape index (κ2) is 9.03. The minimum atomic E-state index is -0.273. The van der Waals surface area contributed by atoms with Gasteiger partial charge in [0.2, 0.25) is 0 Å². The van der Waals surface area contributed by atoms with E-state index >= 15 is 0 Å². The Kier molecular flexibility index (Phi) is 6.49. The smallest absolute Gasteiger partial charge is 0.165 e. The summed E-state index contributed by atoms with van der Waals surface area (Å²) in [5, 5.41) is 0. The third kappa shape index (κ3) is 4.84. The average molecular weight is 340 g/mol. The topological polar surface area (TPSA) is 9.23 Å². The van der Waals surface area contributed by atoms with E-state index in [4.69, 9.17) is 4.74 Å². The van der Waals surface area contributed by atoms with Crippen molar-refractivity contribution in [2.75, 3.05) is 6.61 Å². The minimum Gasteiger partial charge on any atom is -0.491 e. The lowest BCUT2D eigenvalue weighted by atomic mass is 9.84. The summed E-state index contributed by atoms with van der Waals surface area (Å²) in [4.78, 5) is 0. The Labute approximate surface area is 151 Å². The lowest BCUT2D eigenvalue weighted by Crippen LogP contribution is -2.04. The Balaban J connectivity index is 1.66. The quantitative estimate of drug-likeness (QED) is 0.488. The van der Waals surface area contributed by atoms with Crippen LogP contribution in [0.25, 0.3) is 11.1 Å². The van der Waals surface area contributed by atoms with E-state index in [2.05, 4.69) is 31.2 Å². The number of unbranched alkanes of at least 4 members (excludes halogenated alkanes) is 2. The number of ether oxygens (including phenoxy) is 1. The van der Waals surface area contributed by atoms with Crippen LogP contribution < -0.4 is 4.74 Å². The van der Waals surface area contributed by atoms with E-state index in [1.165, 1.54) is 37.7 Å². The van der Waals surface area contributed by atoms with E-state index in [1.807, 2.05) is 6.07 Å². The monoisotopic (exact) mass is 340 g/mol. The Bertz CT molecular complexity index is 656. The molecule has 134 valence electrons. The molecule has 0 aromatic heterocycles. The summed E-state index contributed by atoms with van der Waals surface area (Å²) in [5.74, 6) is 0.794. The van der Waals surface area contributed by atoms with Crippen LogP contribution in [-0.2, 0) is 0 Å². The molecule has 1 nitrogen and oxygen atoms in total. The van der Waals surface area contributed by atoms with Gasteiger partial charge in [-0.05, 0) is 54.0 Å². The predicted octanol–water partition coefficient (Wildman–Crippen LogP) is 7.11. The Morgan fingerprint density at radius 2 is 1.64 bits per heavy atom. The highest BCUT2D eigenvalue weighted by Crippen LogP contribution is 2.34. The van der Waals surface area contributed by atoms with E-state index in [1.54, 1.807) is 12.1 Å². The Morgan fingerprint density at radius 1 is 0.920 bits per heavy atom. The fraction of sp³-hybridized carbons (Fsp3) is 0.478. The molecule has 0 N–H and O–H groups in total. The lowest BCUT2D eigenvalue weighted by Gasteiger charge is -2.22. The first kappa shape index (κ1) is 18.0. The van der Waals surface area contributed by atoms with Crippen molar-refractivity contribution in [3.63, 3.8) is 0 Å². The molecule has 25 heavy (non-hydrogen) atoms. The van der Waals surface area contributed by atoms with Crippen molar-refractivity contribution < 1.29 is 9.13 Å². The van der Waals surface area contributed by atoms with Crippen molar-refractivity contribution >= 4 is 0 Å². The highest BCUT2D eigenvalue weighted by atomic mass is 19.1. The average Bonchev–Trinajstić information content (AvgIpc) is 2.67. The normalized spacial score (nSPS) is 15.3. The van der Waals surface area contributed by atoms with E-state index in [-0.39, 0.29) is 5.82 Å². The maximum Gasteiger partial charge on any atom is 0.165 e. The van der Waals surface area contributed by atoms with Crippen LogP contribution in [-0.4, -0.2) is 6.61 Å². The molecule has 3 rings (SSSR count). The number of hydrogen-bond donors (Lipinski definition) is 0. The Morgan fingerprint density at radius 3 is 2.32 bits per heavy atom. The standard InChI is InChI=1S/C23H29FO/c1-2-3-7-16-25-23-15-14-21(17-22(23)24)20-12-10-19(11-13-20)18-8-5-4-6-9-18/h10-15,17-18H,2-9,16H2,1H3. The van der Waals surface area contributed by atoms with Crippen LogP contribution in [0.1, 0.15) is 69.8 Å². The SMILES string of the molecule is CCCCCOc1ccc(-c2ccc(C3CCCCC3)cc2)cc1F. The number of benzene rings is 2. The van der Waals surface area contributed by atoms with Gasteiger partial charge >= 0.3 is 0 Å². The third-order valence-corrected chi connectivity index (χ3v) is 5.26. The van der Waals surface area contributed by atoms with Crippen LogP contribution in [0, 0.1) is 5.82 Å². The highest BCUT2D eigenvalue weighted by molar-refractivity contribution is 5.64. The molecule has 0 saturated heterocycles. The molecule has 0 spiro atoms. The predicted molar refractivity (Wildman–Crippen MR) is 103 cm³/mol. The summed E-state index contributed by atoms with van der Waals surface area (Å²) < 4.78 is 19.8. The van der Waals surface area contributed by atoms with Crippen LogP contribution in [0.15, 0.2) is 42.5 Å². The second-order valence-electron chi connectivity index (χ2n) is 7.16. The fourth-order valence-electron chi connectivity index (χ4n) is 3.72. The molecule has 1 fully saturated rings. The van der Waals surface area contributed by atoms with Gasteiger partial charge in [-0.2, -0.15) is 0 Å². The summed E-state index contributed by atoms with van der Waals surface area (Å²) >= 11 is 0. The first-order valence-electron chi connectivity index (χ1n) is 9.80. The maximum absolute atomic E-state index is 14.3. The summed E-state index contributed by atoms with van der Waals surface area (Å²) in [6.07, 6.45) is 9.90. The van der Waals surface area contributed by atoms with Gasteiger partial charge in [-0.3, -0.25) is 0 Å².